The summed E-state index contributed by atoms with van der Waals surface area (Å²) in [5.41, 5.74) is -0.152. The first kappa shape index (κ1) is 13.4. The zero-order valence-corrected chi connectivity index (χ0v) is 11.0. The van der Waals surface area contributed by atoms with Crippen LogP contribution in [0.5, 0.6) is 0 Å². The average molecular weight is 291 g/mol. The fourth-order valence-corrected chi connectivity index (χ4v) is 2.53. The van der Waals surface area contributed by atoms with Crippen LogP contribution in [0.2, 0.25) is 0 Å². The van der Waals surface area contributed by atoms with Gasteiger partial charge in [-0.1, -0.05) is 6.07 Å². The number of nitrogens with zero attached hydrogens (tertiary/aromatic N) is 1. The fourth-order valence-electron chi connectivity index (χ4n) is 2.53. The van der Waals surface area contributed by atoms with Crippen LogP contribution < -0.4 is 10.9 Å². The van der Waals surface area contributed by atoms with Gasteiger partial charge in [-0.15, -0.1) is 0 Å². The second kappa shape index (κ2) is 4.76. The Morgan fingerprint density at radius 2 is 2.05 bits per heavy atom. The second-order valence-electron chi connectivity index (χ2n) is 4.88. The highest BCUT2D eigenvalue weighted by molar-refractivity contribution is 5.94. The standard InChI is InChI=1S/C14H11F2N3O2/c1-6-17-13-12(14(21)18-6)9(5-11(20)19-13)8-3-2-7(15)4-10(8)16/h2-4,9H,5H2,1H3,(H2,17,18,19,20,21)/t9-/m0/s1. The van der Waals surface area contributed by atoms with E-state index in [4.69, 9.17) is 0 Å². The first-order valence-electron chi connectivity index (χ1n) is 6.31. The van der Waals surface area contributed by atoms with Gasteiger partial charge in [-0.25, -0.2) is 13.8 Å². The predicted octanol–water partition coefficient (Wildman–Crippen LogP) is 1.83. The molecule has 0 radical (unpaired) electrons. The average Bonchev–Trinajstić information content (AvgIpc) is 2.36. The molecule has 3 rings (SSSR count). The van der Waals surface area contributed by atoms with Gasteiger partial charge in [0.05, 0.1) is 5.56 Å². The monoisotopic (exact) mass is 291 g/mol. The highest BCUT2D eigenvalue weighted by atomic mass is 19.1. The van der Waals surface area contributed by atoms with Crippen molar-refractivity contribution in [2.75, 3.05) is 5.32 Å². The Morgan fingerprint density at radius 3 is 2.76 bits per heavy atom. The Kier molecular flexibility index (Phi) is 3.04. The van der Waals surface area contributed by atoms with Crippen LogP contribution in [-0.2, 0) is 4.79 Å². The highest BCUT2D eigenvalue weighted by Crippen LogP contribution is 2.34. The minimum absolute atomic E-state index is 0.0939. The summed E-state index contributed by atoms with van der Waals surface area (Å²) in [4.78, 5) is 30.5. The number of rotatable bonds is 1. The van der Waals surface area contributed by atoms with Gasteiger partial charge < -0.3 is 10.3 Å². The van der Waals surface area contributed by atoms with Crippen LogP contribution in [0, 0.1) is 18.6 Å². The van der Waals surface area contributed by atoms with E-state index in [2.05, 4.69) is 15.3 Å². The number of H-pyrrole nitrogens is 1. The zero-order valence-electron chi connectivity index (χ0n) is 11.0. The van der Waals surface area contributed by atoms with E-state index >= 15 is 0 Å². The van der Waals surface area contributed by atoms with Crippen LogP contribution >= 0.6 is 0 Å². The SMILES string of the molecule is Cc1nc2c(c(=O)[nH]1)[C@H](c1ccc(F)cc1F)CC(=O)N2. The molecule has 0 spiro atoms. The van der Waals surface area contributed by atoms with Crippen molar-refractivity contribution in [3.05, 3.63) is 57.1 Å². The quantitative estimate of drug-likeness (QED) is 0.841. The molecule has 1 aromatic carbocycles. The molecule has 0 aliphatic carbocycles. The lowest BCUT2D eigenvalue weighted by molar-refractivity contribution is -0.116. The number of aromatic nitrogens is 2. The van der Waals surface area contributed by atoms with Crippen molar-refractivity contribution in [2.45, 2.75) is 19.3 Å². The summed E-state index contributed by atoms with van der Waals surface area (Å²) >= 11 is 0. The smallest absolute Gasteiger partial charge is 0.256 e. The first-order valence-corrected chi connectivity index (χ1v) is 6.31. The molecule has 1 atom stereocenters. The summed E-state index contributed by atoms with van der Waals surface area (Å²) in [5.74, 6) is -2.19. The normalized spacial score (nSPS) is 17.3. The minimum Gasteiger partial charge on any atom is -0.310 e. The predicted molar refractivity (Wildman–Crippen MR) is 71.0 cm³/mol. The van der Waals surface area contributed by atoms with Crippen LogP contribution in [0.3, 0.4) is 0 Å². The van der Waals surface area contributed by atoms with E-state index in [0.29, 0.717) is 5.82 Å². The van der Waals surface area contributed by atoms with Gasteiger partial charge in [0.15, 0.2) is 0 Å². The number of carbonyl (C=O) groups is 1. The van der Waals surface area contributed by atoms with Crippen molar-refractivity contribution in [1.29, 1.82) is 0 Å². The van der Waals surface area contributed by atoms with Gasteiger partial charge in [0.1, 0.15) is 23.3 Å². The van der Waals surface area contributed by atoms with Crippen molar-refractivity contribution in [2.24, 2.45) is 0 Å². The first-order chi connectivity index (χ1) is 9.95. The molecule has 2 N–H and O–H groups in total. The van der Waals surface area contributed by atoms with E-state index in [1.54, 1.807) is 6.92 Å². The number of benzene rings is 1. The number of carbonyl (C=O) groups excluding carboxylic acids is 1. The molecule has 1 amide bonds. The number of hydrogen-bond donors (Lipinski definition) is 2. The summed E-state index contributed by atoms with van der Waals surface area (Å²) in [6.07, 6.45) is -0.0939. The van der Waals surface area contributed by atoms with Crippen LogP contribution in [0.15, 0.2) is 23.0 Å². The van der Waals surface area contributed by atoms with Crippen molar-refractivity contribution in [3.8, 4) is 0 Å². The van der Waals surface area contributed by atoms with Gasteiger partial charge >= 0.3 is 0 Å². The number of anilines is 1. The lowest BCUT2D eigenvalue weighted by atomic mass is 9.86. The molecule has 0 saturated carbocycles. The van der Waals surface area contributed by atoms with E-state index < -0.39 is 23.1 Å². The lowest BCUT2D eigenvalue weighted by Crippen LogP contribution is -2.31. The van der Waals surface area contributed by atoms with Crippen LogP contribution in [0.1, 0.15) is 29.3 Å². The lowest BCUT2D eigenvalue weighted by Gasteiger charge is -2.24. The van der Waals surface area contributed by atoms with Gasteiger partial charge in [0.25, 0.3) is 5.56 Å². The Morgan fingerprint density at radius 1 is 1.29 bits per heavy atom. The molecule has 1 aliphatic rings. The van der Waals surface area contributed by atoms with E-state index in [1.165, 1.54) is 6.07 Å². The zero-order chi connectivity index (χ0) is 15.1. The Hall–Kier alpha value is -2.57. The van der Waals surface area contributed by atoms with E-state index in [1.807, 2.05) is 0 Å². The number of fused-ring (bicyclic) bond motifs is 1. The second-order valence-corrected chi connectivity index (χ2v) is 4.88. The van der Waals surface area contributed by atoms with Gasteiger partial charge in [-0.2, -0.15) is 0 Å². The van der Waals surface area contributed by atoms with Crippen LogP contribution in [-0.4, -0.2) is 15.9 Å². The molecule has 1 aliphatic heterocycles. The maximum absolute atomic E-state index is 14.0. The van der Waals surface area contributed by atoms with Gasteiger partial charge in [0.2, 0.25) is 5.91 Å². The molecule has 2 heterocycles. The van der Waals surface area contributed by atoms with Crippen molar-refractivity contribution < 1.29 is 13.6 Å². The topological polar surface area (TPSA) is 74.8 Å². The third kappa shape index (κ3) is 2.31. The van der Waals surface area contributed by atoms with E-state index in [9.17, 15) is 18.4 Å². The third-order valence-corrected chi connectivity index (χ3v) is 3.41. The molecule has 1 aromatic heterocycles. The van der Waals surface area contributed by atoms with Gasteiger partial charge in [-0.3, -0.25) is 9.59 Å². The van der Waals surface area contributed by atoms with Crippen molar-refractivity contribution in [1.82, 2.24) is 9.97 Å². The van der Waals surface area contributed by atoms with Gasteiger partial charge in [0, 0.05) is 18.4 Å². The van der Waals surface area contributed by atoms with E-state index in [-0.39, 0.29) is 29.3 Å². The molecule has 21 heavy (non-hydrogen) atoms. The van der Waals surface area contributed by atoms with Crippen LogP contribution in [0.4, 0.5) is 14.6 Å². The molecule has 108 valence electrons. The molecular formula is C14H11F2N3O2. The Bertz CT molecular complexity index is 801. The molecule has 7 heteroatoms. The number of aromatic amines is 1. The van der Waals surface area contributed by atoms with Gasteiger partial charge in [-0.05, 0) is 18.6 Å². The summed E-state index contributed by atoms with van der Waals surface area (Å²) < 4.78 is 27.0. The number of nitrogens with one attached hydrogen (secondary N) is 2. The summed E-state index contributed by atoms with van der Waals surface area (Å²) in [6.45, 7) is 1.58. The van der Waals surface area contributed by atoms with Crippen molar-refractivity contribution >= 4 is 11.7 Å². The number of halogens is 2. The number of hydrogen-bond acceptors (Lipinski definition) is 3. The minimum atomic E-state index is -0.791. The molecule has 0 bridgehead atoms. The molecule has 0 saturated heterocycles. The van der Waals surface area contributed by atoms with Crippen LogP contribution in [0.25, 0.3) is 0 Å². The molecule has 5 nitrogen and oxygen atoms in total. The largest absolute Gasteiger partial charge is 0.310 e. The van der Waals surface area contributed by atoms with Crippen molar-refractivity contribution in [3.63, 3.8) is 0 Å². The summed E-state index contributed by atoms with van der Waals surface area (Å²) in [7, 11) is 0. The Labute approximate surface area is 118 Å². The van der Waals surface area contributed by atoms with E-state index in [0.717, 1.165) is 12.1 Å². The maximum atomic E-state index is 14.0. The fraction of sp³-hybridized carbons (Fsp3) is 0.214. The highest BCUT2D eigenvalue weighted by Gasteiger charge is 2.32. The summed E-state index contributed by atoms with van der Waals surface area (Å²) in [5, 5.41) is 2.51. The summed E-state index contributed by atoms with van der Waals surface area (Å²) in [6, 6.07) is 3.08. The molecule has 0 unspecified atom stereocenters. The maximum Gasteiger partial charge on any atom is 0.256 e. The Balaban J connectivity index is 2.22. The third-order valence-electron chi connectivity index (χ3n) is 3.41. The number of aryl methyl sites for hydroxylation is 1. The molecule has 2 aromatic rings. The molecular weight excluding hydrogens is 280 g/mol. The number of amides is 1. The molecule has 0 fully saturated rings.